The van der Waals surface area contributed by atoms with E-state index in [1.807, 2.05) is 0 Å². The lowest BCUT2D eigenvalue weighted by Gasteiger charge is -2.45. The Hall–Kier alpha value is -4.68. The SMILES string of the molecule is C1=C(C2(C3=Cc4c(cccc4-c4cccc5ccccc45)C3)CCC2)Cc2cccc(-c3cccc4ccccc34)c21. The van der Waals surface area contributed by atoms with Gasteiger partial charge in [-0.15, -0.1) is 0 Å². The maximum absolute atomic E-state index is 2.58. The van der Waals surface area contributed by atoms with Gasteiger partial charge in [0.2, 0.25) is 0 Å². The van der Waals surface area contributed by atoms with Gasteiger partial charge in [0.05, 0.1) is 0 Å². The topological polar surface area (TPSA) is 0 Å². The van der Waals surface area contributed by atoms with E-state index >= 15 is 0 Å². The van der Waals surface area contributed by atoms with E-state index in [2.05, 4.69) is 133 Å². The van der Waals surface area contributed by atoms with Gasteiger partial charge in [-0.3, -0.25) is 0 Å². The van der Waals surface area contributed by atoms with Crippen LogP contribution in [0.25, 0.3) is 56.0 Å². The van der Waals surface area contributed by atoms with Crippen molar-refractivity contribution in [3.05, 3.63) is 155 Å². The molecule has 42 heavy (non-hydrogen) atoms. The summed E-state index contributed by atoms with van der Waals surface area (Å²) in [6, 6.07) is 45.0. The first-order chi connectivity index (χ1) is 20.8. The van der Waals surface area contributed by atoms with Crippen molar-refractivity contribution in [1.82, 2.24) is 0 Å². The molecule has 1 fully saturated rings. The molecule has 9 rings (SSSR count). The Labute approximate surface area is 247 Å². The van der Waals surface area contributed by atoms with Crippen LogP contribution in [-0.4, -0.2) is 0 Å². The summed E-state index contributed by atoms with van der Waals surface area (Å²) < 4.78 is 0. The molecule has 0 aromatic heterocycles. The fourth-order valence-corrected chi connectivity index (χ4v) is 8.12. The monoisotopic (exact) mass is 536 g/mol. The highest BCUT2D eigenvalue weighted by Gasteiger charge is 2.46. The molecule has 0 N–H and O–H groups in total. The van der Waals surface area contributed by atoms with E-state index < -0.39 is 0 Å². The zero-order chi connectivity index (χ0) is 27.7. The summed E-state index contributed by atoms with van der Waals surface area (Å²) in [6.07, 6.45) is 11.1. The second kappa shape index (κ2) is 9.16. The van der Waals surface area contributed by atoms with E-state index in [-0.39, 0.29) is 5.41 Å². The van der Waals surface area contributed by atoms with E-state index in [4.69, 9.17) is 0 Å². The molecule has 0 saturated heterocycles. The second-order valence-electron chi connectivity index (χ2n) is 12.4. The number of benzene rings is 6. The quantitative estimate of drug-likeness (QED) is 0.210. The van der Waals surface area contributed by atoms with E-state index in [1.54, 1.807) is 11.1 Å². The molecule has 200 valence electrons. The van der Waals surface area contributed by atoms with Gasteiger partial charge in [-0.2, -0.15) is 0 Å². The molecule has 0 aliphatic heterocycles. The minimum absolute atomic E-state index is 0.185. The summed E-state index contributed by atoms with van der Waals surface area (Å²) in [5.41, 5.74) is 14.7. The Kier molecular flexibility index (Phi) is 5.23. The lowest BCUT2D eigenvalue weighted by molar-refractivity contribution is 0.235. The van der Waals surface area contributed by atoms with E-state index in [0.29, 0.717) is 0 Å². The van der Waals surface area contributed by atoms with Gasteiger partial charge in [-0.1, -0.05) is 151 Å². The van der Waals surface area contributed by atoms with Crippen molar-refractivity contribution < 1.29 is 0 Å². The first kappa shape index (κ1) is 24.0. The molecule has 3 aliphatic rings. The molecule has 6 aromatic carbocycles. The van der Waals surface area contributed by atoms with Crippen LogP contribution < -0.4 is 0 Å². The average molecular weight is 537 g/mol. The second-order valence-corrected chi connectivity index (χ2v) is 12.4. The van der Waals surface area contributed by atoms with Crippen molar-refractivity contribution in [2.24, 2.45) is 5.41 Å². The van der Waals surface area contributed by atoms with Crippen LogP contribution in [0.4, 0.5) is 0 Å². The minimum Gasteiger partial charge on any atom is -0.0616 e. The van der Waals surface area contributed by atoms with Gasteiger partial charge < -0.3 is 0 Å². The van der Waals surface area contributed by atoms with Crippen molar-refractivity contribution in [1.29, 1.82) is 0 Å². The Morgan fingerprint density at radius 2 is 0.833 bits per heavy atom. The van der Waals surface area contributed by atoms with E-state index in [1.165, 1.54) is 85.3 Å². The molecule has 1 saturated carbocycles. The molecule has 0 spiro atoms. The highest BCUT2D eigenvalue weighted by Crippen LogP contribution is 2.59. The van der Waals surface area contributed by atoms with Gasteiger partial charge in [0.1, 0.15) is 0 Å². The predicted octanol–water partition coefficient (Wildman–Crippen LogP) is 11.1. The van der Waals surface area contributed by atoms with Crippen LogP contribution in [0.5, 0.6) is 0 Å². The van der Waals surface area contributed by atoms with Crippen molar-refractivity contribution in [2.75, 3.05) is 0 Å². The Bertz CT molecular complexity index is 1960. The fraction of sp³-hybridized carbons (Fsp3) is 0.143. The Balaban J connectivity index is 1.14. The lowest BCUT2D eigenvalue weighted by Crippen LogP contribution is -2.34. The van der Waals surface area contributed by atoms with Crippen LogP contribution in [0.1, 0.15) is 41.5 Å². The van der Waals surface area contributed by atoms with Crippen molar-refractivity contribution in [3.8, 4) is 22.3 Å². The number of fused-ring (bicyclic) bond motifs is 4. The number of rotatable bonds is 4. The molecule has 0 atom stereocenters. The highest BCUT2D eigenvalue weighted by molar-refractivity contribution is 6.00. The largest absolute Gasteiger partial charge is 0.0616 e. The molecule has 6 aromatic rings. The van der Waals surface area contributed by atoms with Crippen LogP contribution in [0.15, 0.2) is 132 Å². The molecule has 0 bridgehead atoms. The van der Waals surface area contributed by atoms with Gasteiger partial charge >= 0.3 is 0 Å². The minimum atomic E-state index is 0.185. The molecule has 0 heteroatoms. The van der Waals surface area contributed by atoms with Gasteiger partial charge in [0.25, 0.3) is 0 Å². The number of allylic oxidation sites excluding steroid dienone is 2. The molecule has 3 aliphatic carbocycles. The molecule has 0 unspecified atom stereocenters. The molecular formula is C42H32. The van der Waals surface area contributed by atoms with Crippen LogP contribution in [0, 0.1) is 5.41 Å². The maximum Gasteiger partial charge on any atom is 0.0134 e. The third kappa shape index (κ3) is 3.48. The molecule has 0 amide bonds. The summed E-state index contributed by atoms with van der Waals surface area (Å²) in [6.45, 7) is 0. The summed E-state index contributed by atoms with van der Waals surface area (Å²) in [4.78, 5) is 0. The molecule has 0 nitrogen and oxygen atoms in total. The first-order valence-corrected chi connectivity index (χ1v) is 15.4. The lowest BCUT2D eigenvalue weighted by atomic mass is 9.59. The van der Waals surface area contributed by atoms with Gasteiger partial charge in [-0.05, 0) is 91.7 Å². The maximum atomic E-state index is 2.58. The third-order valence-electron chi connectivity index (χ3n) is 10.4. The van der Waals surface area contributed by atoms with E-state index in [9.17, 15) is 0 Å². The van der Waals surface area contributed by atoms with Crippen molar-refractivity contribution in [2.45, 2.75) is 32.1 Å². The summed E-state index contributed by atoms with van der Waals surface area (Å²) in [5.74, 6) is 0. The van der Waals surface area contributed by atoms with Crippen LogP contribution in [-0.2, 0) is 12.8 Å². The standard InChI is InChI=1S/C42H32/c1-3-16-34-28(10-1)12-5-18-36(34)38-20-7-14-30-24-32(26-40(30)38)42(22-9-23-42)33-25-31-15-8-21-39(41(31)27-33)37-19-6-13-29-11-2-4-17-35(29)37/h1-8,10-21,26-27H,9,22-25H2. The molecule has 0 radical (unpaired) electrons. The third-order valence-corrected chi connectivity index (χ3v) is 10.4. The zero-order valence-corrected chi connectivity index (χ0v) is 23.7. The summed E-state index contributed by atoms with van der Waals surface area (Å²) in [5, 5.41) is 5.29. The molecular weight excluding hydrogens is 504 g/mol. The van der Waals surface area contributed by atoms with Crippen LogP contribution in [0.2, 0.25) is 0 Å². The van der Waals surface area contributed by atoms with Crippen molar-refractivity contribution in [3.63, 3.8) is 0 Å². The van der Waals surface area contributed by atoms with Crippen molar-refractivity contribution >= 4 is 33.7 Å². The zero-order valence-electron chi connectivity index (χ0n) is 23.7. The van der Waals surface area contributed by atoms with Crippen LogP contribution in [0.3, 0.4) is 0 Å². The molecule has 0 heterocycles. The Morgan fingerprint density at radius 3 is 1.31 bits per heavy atom. The highest BCUT2D eigenvalue weighted by atomic mass is 14.5. The van der Waals surface area contributed by atoms with Gasteiger partial charge in [0.15, 0.2) is 0 Å². The smallest absolute Gasteiger partial charge is 0.0134 e. The fourth-order valence-electron chi connectivity index (χ4n) is 8.12. The number of hydrogen-bond donors (Lipinski definition) is 0. The van der Waals surface area contributed by atoms with Crippen LogP contribution >= 0.6 is 0 Å². The van der Waals surface area contributed by atoms with E-state index in [0.717, 1.165) is 12.8 Å². The summed E-state index contributed by atoms with van der Waals surface area (Å²) in [7, 11) is 0. The average Bonchev–Trinajstić information content (AvgIpc) is 3.65. The number of hydrogen-bond acceptors (Lipinski definition) is 0. The summed E-state index contributed by atoms with van der Waals surface area (Å²) >= 11 is 0. The Morgan fingerprint density at radius 1 is 0.405 bits per heavy atom. The van der Waals surface area contributed by atoms with Gasteiger partial charge in [-0.25, -0.2) is 0 Å². The predicted molar refractivity (Wildman–Crippen MR) is 178 cm³/mol. The first-order valence-electron chi connectivity index (χ1n) is 15.4. The normalized spacial score (nSPS) is 16.6. The van der Waals surface area contributed by atoms with Gasteiger partial charge in [0, 0.05) is 5.41 Å².